The van der Waals surface area contributed by atoms with E-state index in [1.807, 2.05) is 31.2 Å². The van der Waals surface area contributed by atoms with Crippen LogP contribution in [0.15, 0.2) is 29.4 Å². The van der Waals surface area contributed by atoms with Gasteiger partial charge in [0.05, 0.1) is 5.71 Å². The van der Waals surface area contributed by atoms with Gasteiger partial charge in [-0.05, 0) is 31.9 Å². The second-order valence-electron chi connectivity index (χ2n) is 5.84. The van der Waals surface area contributed by atoms with Crippen molar-refractivity contribution in [2.75, 3.05) is 5.32 Å². The molecule has 2 N–H and O–H groups in total. The lowest BCUT2D eigenvalue weighted by molar-refractivity contribution is -0.126. The highest BCUT2D eigenvalue weighted by molar-refractivity contribution is 6.00. The van der Waals surface area contributed by atoms with E-state index in [2.05, 4.69) is 10.5 Å². The van der Waals surface area contributed by atoms with Crippen molar-refractivity contribution < 1.29 is 10.0 Å². The number of amides is 1. The van der Waals surface area contributed by atoms with Gasteiger partial charge in [0.15, 0.2) is 0 Å². The molecule has 0 bridgehead atoms. The lowest BCUT2D eigenvalue weighted by Crippen LogP contribution is -2.35. The van der Waals surface area contributed by atoms with Gasteiger partial charge < -0.3 is 10.5 Å². The third-order valence-corrected chi connectivity index (χ3v) is 4.19. The normalized spacial score (nSPS) is 18.6. The van der Waals surface area contributed by atoms with E-state index >= 15 is 0 Å². The Kier molecular flexibility index (Phi) is 4.42. The summed E-state index contributed by atoms with van der Waals surface area (Å²) in [7, 11) is 0. The van der Waals surface area contributed by atoms with Crippen molar-refractivity contribution >= 4 is 17.3 Å². The van der Waals surface area contributed by atoms with Crippen LogP contribution in [0.3, 0.4) is 0 Å². The molecule has 4 heteroatoms. The molecule has 1 saturated carbocycles. The van der Waals surface area contributed by atoms with Crippen LogP contribution in [0.1, 0.15) is 51.5 Å². The van der Waals surface area contributed by atoms with E-state index in [-0.39, 0.29) is 11.3 Å². The number of oxime groups is 1. The number of nitrogens with one attached hydrogen (secondary N) is 1. The van der Waals surface area contributed by atoms with Crippen LogP contribution < -0.4 is 5.32 Å². The van der Waals surface area contributed by atoms with Crippen LogP contribution in [0.5, 0.6) is 0 Å². The first-order valence-corrected chi connectivity index (χ1v) is 7.16. The highest BCUT2D eigenvalue weighted by Gasteiger charge is 2.34. The summed E-state index contributed by atoms with van der Waals surface area (Å²) in [5.41, 5.74) is 1.83. The number of rotatable bonds is 3. The first-order valence-electron chi connectivity index (χ1n) is 7.16. The Labute approximate surface area is 119 Å². The maximum absolute atomic E-state index is 12.4. The summed E-state index contributed by atoms with van der Waals surface area (Å²) in [5.74, 6) is 0.0907. The van der Waals surface area contributed by atoms with Gasteiger partial charge in [-0.25, -0.2) is 0 Å². The van der Waals surface area contributed by atoms with E-state index in [0.717, 1.165) is 36.9 Å². The Bertz CT molecular complexity index is 517. The molecule has 1 aliphatic carbocycles. The molecule has 20 heavy (non-hydrogen) atoms. The van der Waals surface area contributed by atoms with Crippen molar-refractivity contribution in [3.05, 3.63) is 29.8 Å². The van der Waals surface area contributed by atoms with E-state index < -0.39 is 0 Å². The molecule has 108 valence electrons. The summed E-state index contributed by atoms with van der Waals surface area (Å²) >= 11 is 0. The zero-order chi connectivity index (χ0) is 14.6. The molecule has 1 aliphatic rings. The molecule has 1 fully saturated rings. The Morgan fingerprint density at radius 2 is 2.00 bits per heavy atom. The van der Waals surface area contributed by atoms with Crippen molar-refractivity contribution in [1.29, 1.82) is 0 Å². The largest absolute Gasteiger partial charge is 0.411 e. The monoisotopic (exact) mass is 274 g/mol. The predicted molar refractivity (Wildman–Crippen MR) is 80.3 cm³/mol. The van der Waals surface area contributed by atoms with Gasteiger partial charge in [-0.1, -0.05) is 43.5 Å². The SMILES string of the molecule is C/C(=N/O)c1cccc(NC(=O)C2(C)CCCCC2)c1. The van der Waals surface area contributed by atoms with Crippen molar-refractivity contribution in [1.82, 2.24) is 0 Å². The van der Waals surface area contributed by atoms with Gasteiger partial charge in [0.25, 0.3) is 0 Å². The number of anilines is 1. The van der Waals surface area contributed by atoms with Crippen molar-refractivity contribution in [3.8, 4) is 0 Å². The molecule has 1 amide bonds. The molecule has 0 saturated heterocycles. The van der Waals surface area contributed by atoms with Crippen molar-refractivity contribution in [2.45, 2.75) is 46.0 Å². The molecule has 0 radical (unpaired) electrons. The number of hydrogen-bond donors (Lipinski definition) is 2. The maximum atomic E-state index is 12.4. The van der Waals surface area contributed by atoms with Gasteiger partial charge in [-0.15, -0.1) is 0 Å². The summed E-state index contributed by atoms with van der Waals surface area (Å²) in [6.07, 6.45) is 5.39. The Balaban J connectivity index is 2.11. The molecule has 0 heterocycles. The summed E-state index contributed by atoms with van der Waals surface area (Å²) in [6.45, 7) is 3.77. The molecule has 0 atom stereocenters. The number of benzene rings is 1. The highest BCUT2D eigenvalue weighted by atomic mass is 16.4. The number of carbonyl (C=O) groups is 1. The van der Waals surface area contributed by atoms with Gasteiger partial charge in [-0.3, -0.25) is 4.79 Å². The Morgan fingerprint density at radius 1 is 1.30 bits per heavy atom. The van der Waals surface area contributed by atoms with E-state index in [1.54, 1.807) is 6.92 Å². The molecule has 2 rings (SSSR count). The minimum absolute atomic E-state index is 0.0907. The summed E-state index contributed by atoms with van der Waals surface area (Å²) < 4.78 is 0. The van der Waals surface area contributed by atoms with Gasteiger partial charge in [0.2, 0.25) is 5.91 Å². The molecule has 0 unspecified atom stereocenters. The fourth-order valence-corrected chi connectivity index (χ4v) is 2.72. The molecule has 1 aromatic rings. The van der Waals surface area contributed by atoms with Crippen LogP contribution in [0, 0.1) is 5.41 Å². The maximum Gasteiger partial charge on any atom is 0.230 e. The minimum atomic E-state index is -0.256. The average Bonchev–Trinajstić information content (AvgIpc) is 2.47. The summed E-state index contributed by atoms with van der Waals surface area (Å²) in [5, 5.41) is 15.0. The Morgan fingerprint density at radius 3 is 2.65 bits per heavy atom. The summed E-state index contributed by atoms with van der Waals surface area (Å²) in [4.78, 5) is 12.4. The average molecular weight is 274 g/mol. The number of nitrogens with zero attached hydrogens (tertiary/aromatic N) is 1. The zero-order valence-corrected chi connectivity index (χ0v) is 12.1. The smallest absolute Gasteiger partial charge is 0.230 e. The van der Waals surface area contributed by atoms with Gasteiger partial charge in [-0.2, -0.15) is 0 Å². The quantitative estimate of drug-likeness (QED) is 0.500. The Hall–Kier alpha value is -1.84. The van der Waals surface area contributed by atoms with Crippen LogP contribution in [-0.4, -0.2) is 16.8 Å². The van der Waals surface area contributed by atoms with Crippen LogP contribution in [0.2, 0.25) is 0 Å². The predicted octanol–water partition coefficient (Wildman–Crippen LogP) is 3.79. The van der Waals surface area contributed by atoms with Crippen molar-refractivity contribution in [2.24, 2.45) is 10.6 Å². The number of hydrogen-bond acceptors (Lipinski definition) is 3. The zero-order valence-electron chi connectivity index (χ0n) is 12.1. The van der Waals surface area contributed by atoms with E-state index in [1.165, 1.54) is 6.42 Å². The lowest BCUT2D eigenvalue weighted by atomic mass is 9.75. The van der Waals surface area contributed by atoms with Crippen LogP contribution in [-0.2, 0) is 4.79 Å². The van der Waals surface area contributed by atoms with E-state index in [0.29, 0.717) is 5.71 Å². The minimum Gasteiger partial charge on any atom is -0.411 e. The second-order valence-corrected chi connectivity index (χ2v) is 5.84. The molecule has 4 nitrogen and oxygen atoms in total. The third-order valence-electron chi connectivity index (χ3n) is 4.19. The molecule has 0 spiro atoms. The molecular weight excluding hydrogens is 252 g/mol. The molecule has 0 aromatic heterocycles. The van der Waals surface area contributed by atoms with Crippen LogP contribution in [0.4, 0.5) is 5.69 Å². The van der Waals surface area contributed by atoms with Crippen LogP contribution in [0.25, 0.3) is 0 Å². The molecular formula is C16H22N2O2. The van der Waals surface area contributed by atoms with Crippen molar-refractivity contribution in [3.63, 3.8) is 0 Å². The standard InChI is InChI=1S/C16H22N2O2/c1-12(18-20)13-7-6-8-14(11-13)17-15(19)16(2)9-4-3-5-10-16/h6-8,11,20H,3-5,9-10H2,1-2H3,(H,17,19)/b18-12-. The van der Waals surface area contributed by atoms with Gasteiger partial charge in [0, 0.05) is 16.7 Å². The third kappa shape index (κ3) is 3.18. The molecule has 1 aromatic carbocycles. The van der Waals surface area contributed by atoms with E-state index in [9.17, 15) is 4.79 Å². The first-order chi connectivity index (χ1) is 9.55. The number of carbonyl (C=O) groups excluding carboxylic acids is 1. The van der Waals surface area contributed by atoms with Gasteiger partial charge in [0.1, 0.15) is 0 Å². The summed E-state index contributed by atoms with van der Waals surface area (Å²) in [6, 6.07) is 7.40. The van der Waals surface area contributed by atoms with Crippen LogP contribution >= 0.6 is 0 Å². The highest BCUT2D eigenvalue weighted by Crippen LogP contribution is 2.36. The topological polar surface area (TPSA) is 61.7 Å². The molecule has 0 aliphatic heterocycles. The van der Waals surface area contributed by atoms with Gasteiger partial charge >= 0.3 is 0 Å². The second kappa shape index (κ2) is 6.07. The first kappa shape index (κ1) is 14.6. The fourth-order valence-electron chi connectivity index (χ4n) is 2.72. The fraction of sp³-hybridized carbons (Fsp3) is 0.500. The van der Waals surface area contributed by atoms with E-state index in [4.69, 9.17) is 5.21 Å². The lowest BCUT2D eigenvalue weighted by Gasteiger charge is -2.32.